The summed E-state index contributed by atoms with van der Waals surface area (Å²) in [6.07, 6.45) is 0.387. The van der Waals surface area contributed by atoms with Crippen LogP contribution in [0.2, 0.25) is 16.6 Å². The van der Waals surface area contributed by atoms with E-state index in [2.05, 4.69) is 41.5 Å². The average molecular weight is 260 g/mol. The Morgan fingerprint density at radius 3 is 1.65 bits per heavy atom. The maximum atomic E-state index is 10.8. The monoisotopic (exact) mass is 260 g/mol. The molecule has 0 bridgehead atoms. The van der Waals surface area contributed by atoms with Crippen molar-refractivity contribution in [3.05, 3.63) is 0 Å². The van der Waals surface area contributed by atoms with Crippen molar-refractivity contribution in [3.8, 4) is 0 Å². The van der Waals surface area contributed by atoms with Crippen LogP contribution in [-0.2, 0) is 14.0 Å². The maximum absolute atomic E-state index is 10.8. The highest BCUT2D eigenvalue weighted by molar-refractivity contribution is 6.77. The molecule has 0 aliphatic rings. The van der Waals surface area contributed by atoms with Gasteiger partial charge in [-0.2, -0.15) is 0 Å². The Bertz CT molecular complexity index is 205. The molecule has 0 aromatic rings. The van der Waals surface area contributed by atoms with Crippen LogP contribution in [0.1, 0.15) is 41.5 Å². The Kier molecular flexibility index (Phi) is 7.20. The van der Waals surface area contributed by atoms with Crippen LogP contribution in [0.4, 0.5) is 0 Å². The number of hydrogen-bond donors (Lipinski definition) is 0. The van der Waals surface area contributed by atoms with Gasteiger partial charge in [0.2, 0.25) is 0 Å². The Labute approximate surface area is 107 Å². The molecule has 4 heteroatoms. The SMILES string of the molecule is CO[C@H](C=O)CO[Si](C(C)C)(C(C)C)C(C)C. The first kappa shape index (κ1) is 16.8. The van der Waals surface area contributed by atoms with Gasteiger partial charge in [-0.05, 0) is 16.6 Å². The van der Waals surface area contributed by atoms with Crippen LogP contribution < -0.4 is 0 Å². The first-order valence-electron chi connectivity index (χ1n) is 6.44. The zero-order valence-corrected chi connectivity index (χ0v) is 13.3. The molecular formula is C13H28O3Si. The molecule has 0 amide bonds. The second kappa shape index (κ2) is 7.29. The van der Waals surface area contributed by atoms with Gasteiger partial charge < -0.3 is 14.0 Å². The van der Waals surface area contributed by atoms with Crippen molar-refractivity contribution >= 4 is 14.6 Å². The van der Waals surface area contributed by atoms with E-state index in [1.54, 1.807) is 7.11 Å². The molecule has 0 aromatic carbocycles. The third-order valence-electron chi connectivity index (χ3n) is 3.66. The number of ether oxygens (including phenoxy) is 1. The van der Waals surface area contributed by atoms with Gasteiger partial charge in [0.1, 0.15) is 6.10 Å². The molecule has 0 fully saturated rings. The van der Waals surface area contributed by atoms with Gasteiger partial charge in [0.15, 0.2) is 14.6 Å². The van der Waals surface area contributed by atoms with Crippen molar-refractivity contribution in [2.75, 3.05) is 13.7 Å². The molecule has 0 N–H and O–H groups in total. The van der Waals surface area contributed by atoms with E-state index >= 15 is 0 Å². The Balaban J connectivity index is 4.87. The normalized spacial score (nSPS) is 14.7. The van der Waals surface area contributed by atoms with E-state index in [9.17, 15) is 4.79 Å². The van der Waals surface area contributed by atoms with Gasteiger partial charge in [0.05, 0.1) is 6.61 Å². The molecule has 0 spiro atoms. The van der Waals surface area contributed by atoms with Crippen LogP contribution in [0.25, 0.3) is 0 Å². The van der Waals surface area contributed by atoms with Gasteiger partial charge in [0, 0.05) is 7.11 Å². The Morgan fingerprint density at radius 1 is 1.00 bits per heavy atom. The largest absolute Gasteiger partial charge is 0.413 e. The van der Waals surface area contributed by atoms with Crippen molar-refractivity contribution in [3.63, 3.8) is 0 Å². The molecule has 0 heterocycles. The first-order chi connectivity index (χ1) is 7.82. The predicted octanol–water partition coefficient (Wildman–Crippen LogP) is 3.39. The summed E-state index contributed by atoms with van der Waals surface area (Å²) in [5.41, 5.74) is 1.60. The number of rotatable bonds is 8. The maximum Gasteiger partial charge on any atom is 0.200 e. The van der Waals surface area contributed by atoms with Gasteiger partial charge in [-0.15, -0.1) is 0 Å². The van der Waals surface area contributed by atoms with E-state index in [1.807, 2.05) is 0 Å². The zero-order valence-electron chi connectivity index (χ0n) is 12.3. The molecule has 0 aromatic heterocycles. The van der Waals surface area contributed by atoms with Crippen molar-refractivity contribution in [1.82, 2.24) is 0 Å². The van der Waals surface area contributed by atoms with Gasteiger partial charge >= 0.3 is 0 Å². The zero-order chi connectivity index (χ0) is 13.6. The fraction of sp³-hybridized carbons (Fsp3) is 0.923. The van der Waals surface area contributed by atoms with E-state index in [0.29, 0.717) is 23.2 Å². The van der Waals surface area contributed by atoms with Crippen LogP contribution >= 0.6 is 0 Å². The lowest BCUT2D eigenvalue weighted by Gasteiger charge is -2.42. The van der Waals surface area contributed by atoms with Crippen LogP contribution in [0.3, 0.4) is 0 Å². The predicted molar refractivity (Wildman–Crippen MR) is 73.9 cm³/mol. The third kappa shape index (κ3) is 3.90. The molecular weight excluding hydrogens is 232 g/mol. The summed E-state index contributed by atoms with van der Waals surface area (Å²) in [5, 5.41) is 0. The highest BCUT2D eigenvalue weighted by Crippen LogP contribution is 2.42. The summed E-state index contributed by atoms with van der Waals surface area (Å²) in [6.45, 7) is 13.8. The Hall–Kier alpha value is -0.193. The van der Waals surface area contributed by atoms with Crippen LogP contribution in [0.15, 0.2) is 0 Å². The fourth-order valence-corrected chi connectivity index (χ4v) is 8.34. The molecule has 0 aliphatic heterocycles. The molecule has 3 nitrogen and oxygen atoms in total. The van der Waals surface area contributed by atoms with Gasteiger partial charge in [-0.3, -0.25) is 0 Å². The first-order valence-corrected chi connectivity index (χ1v) is 8.58. The lowest BCUT2D eigenvalue weighted by molar-refractivity contribution is -0.118. The summed E-state index contributed by atoms with van der Waals surface area (Å²) in [7, 11) is -0.314. The molecule has 0 unspecified atom stereocenters. The number of hydrogen-bond acceptors (Lipinski definition) is 3. The molecule has 0 saturated heterocycles. The molecule has 0 saturated carbocycles. The molecule has 102 valence electrons. The van der Waals surface area contributed by atoms with Crippen LogP contribution in [0, 0.1) is 0 Å². The number of carbonyl (C=O) groups excluding carboxylic acids is 1. The van der Waals surface area contributed by atoms with Crippen LogP contribution in [0.5, 0.6) is 0 Å². The van der Waals surface area contributed by atoms with E-state index in [1.165, 1.54) is 0 Å². The van der Waals surface area contributed by atoms with E-state index < -0.39 is 14.4 Å². The van der Waals surface area contributed by atoms with Gasteiger partial charge in [0.25, 0.3) is 0 Å². The Morgan fingerprint density at radius 2 is 1.41 bits per heavy atom. The molecule has 17 heavy (non-hydrogen) atoms. The van der Waals surface area contributed by atoms with E-state index in [4.69, 9.17) is 9.16 Å². The topological polar surface area (TPSA) is 35.5 Å². The second-order valence-electron chi connectivity index (χ2n) is 5.54. The lowest BCUT2D eigenvalue weighted by Crippen LogP contribution is -2.49. The van der Waals surface area contributed by atoms with Gasteiger partial charge in [-0.25, -0.2) is 0 Å². The van der Waals surface area contributed by atoms with E-state index in [-0.39, 0.29) is 0 Å². The van der Waals surface area contributed by atoms with Crippen molar-refractivity contribution in [1.29, 1.82) is 0 Å². The minimum absolute atomic E-state index is 0.390. The highest BCUT2D eigenvalue weighted by Gasteiger charge is 2.45. The summed E-state index contributed by atoms with van der Waals surface area (Å²) >= 11 is 0. The molecule has 0 rings (SSSR count). The smallest absolute Gasteiger partial charge is 0.200 e. The van der Waals surface area contributed by atoms with Crippen LogP contribution in [-0.4, -0.2) is 34.4 Å². The lowest BCUT2D eigenvalue weighted by atomic mass is 10.4. The fourth-order valence-electron chi connectivity index (χ4n) is 2.89. The average Bonchev–Trinajstić information content (AvgIpc) is 2.23. The summed E-state index contributed by atoms with van der Waals surface area (Å²) in [5.74, 6) is 0. The highest BCUT2D eigenvalue weighted by atomic mass is 28.4. The standard InChI is InChI=1S/C13H28O3Si/c1-10(2)17(11(3)4,12(5)6)16-9-13(8-14)15-7/h8,10-13H,9H2,1-7H3/t13-/m1/s1. The summed E-state index contributed by atoms with van der Waals surface area (Å²) in [4.78, 5) is 10.8. The summed E-state index contributed by atoms with van der Waals surface area (Å²) in [6, 6.07) is 0. The minimum Gasteiger partial charge on any atom is -0.413 e. The molecule has 0 aliphatic carbocycles. The molecule has 1 atom stereocenters. The summed E-state index contributed by atoms with van der Waals surface area (Å²) < 4.78 is 11.3. The van der Waals surface area contributed by atoms with Crippen molar-refractivity contribution < 1.29 is 14.0 Å². The molecule has 0 radical (unpaired) electrons. The van der Waals surface area contributed by atoms with Crippen molar-refractivity contribution in [2.45, 2.75) is 64.3 Å². The number of aldehydes is 1. The number of methoxy groups -OCH3 is 1. The minimum atomic E-state index is -1.86. The van der Waals surface area contributed by atoms with Crippen molar-refractivity contribution in [2.24, 2.45) is 0 Å². The van der Waals surface area contributed by atoms with E-state index in [0.717, 1.165) is 6.29 Å². The number of carbonyl (C=O) groups is 1. The second-order valence-corrected chi connectivity index (χ2v) is 11.0. The third-order valence-corrected chi connectivity index (χ3v) is 9.74. The van der Waals surface area contributed by atoms with Gasteiger partial charge in [-0.1, -0.05) is 41.5 Å². The quantitative estimate of drug-likeness (QED) is 0.496.